The third-order valence-electron chi connectivity index (χ3n) is 5.54. The van der Waals surface area contributed by atoms with Crippen LogP contribution in [0.3, 0.4) is 0 Å². The topological polar surface area (TPSA) is 86.8 Å². The van der Waals surface area contributed by atoms with Crippen LogP contribution in [-0.2, 0) is 27.9 Å². The van der Waals surface area contributed by atoms with Crippen molar-refractivity contribution in [3.8, 4) is 0 Å². The lowest BCUT2D eigenvalue weighted by molar-refractivity contribution is -0.121. The summed E-state index contributed by atoms with van der Waals surface area (Å²) >= 11 is 0. The maximum atomic E-state index is 12.6. The average Bonchev–Trinajstić information content (AvgIpc) is 2.94. The summed E-state index contributed by atoms with van der Waals surface area (Å²) in [4.78, 5) is 27.2. The fourth-order valence-corrected chi connectivity index (χ4v) is 5.51. The number of carbonyl (C=O) groups is 2. The van der Waals surface area contributed by atoms with Crippen molar-refractivity contribution in [3.63, 3.8) is 0 Å². The molecule has 2 heterocycles. The Labute approximate surface area is 176 Å². The summed E-state index contributed by atoms with van der Waals surface area (Å²) in [6.45, 7) is 2.87. The number of fused-ring (bicyclic) bond motifs is 1. The number of sulfonamides is 1. The number of benzene rings is 2. The van der Waals surface area contributed by atoms with E-state index >= 15 is 0 Å². The van der Waals surface area contributed by atoms with Crippen LogP contribution < -0.4 is 5.32 Å². The van der Waals surface area contributed by atoms with E-state index in [1.54, 1.807) is 12.1 Å². The first kappa shape index (κ1) is 20.6. The van der Waals surface area contributed by atoms with E-state index in [4.69, 9.17) is 0 Å². The van der Waals surface area contributed by atoms with E-state index in [0.29, 0.717) is 4.31 Å². The zero-order valence-electron chi connectivity index (χ0n) is 16.7. The number of nitrogens with one attached hydrogen (secondary N) is 1. The summed E-state index contributed by atoms with van der Waals surface area (Å²) in [5, 5.41) is 2.73. The van der Waals surface area contributed by atoms with Crippen molar-refractivity contribution >= 4 is 21.8 Å². The van der Waals surface area contributed by atoms with Crippen molar-refractivity contribution in [1.82, 2.24) is 14.5 Å². The summed E-state index contributed by atoms with van der Waals surface area (Å²) in [5.74, 6) is -1.18. The molecule has 4 rings (SSSR count). The van der Waals surface area contributed by atoms with Gasteiger partial charge in [0.2, 0.25) is 5.91 Å². The van der Waals surface area contributed by atoms with Gasteiger partial charge in [-0.15, -0.1) is 0 Å². The lowest BCUT2D eigenvalue weighted by Crippen LogP contribution is -2.40. The predicted octanol–water partition coefficient (Wildman–Crippen LogP) is 2.13. The molecular formula is C22H25N3O4S. The molecule has 1 N–H and O–H groups in total. The summed E-state index contributed by atoms with van der Waals surface area (Å²) < 4.78 is 25.8. The highest BCUT2D eigenvalue weighted by Crippen LogP contribution is 2.29. The molecule has 2 aliphatic heterocycles. The van der Waals surface area contributed by atoms with Crippen LogP contribution in [0.15, 0.2) is 53.4 Å². The highest BCUT2D eigenvalue weighted by molar-refractivity contribution is 7.90. The SMILES string of the molecule is O=C(CN1C(=O)c2ccccc2S1(=O)=O)NCc1cccc(CN2CCCCC2)c1. The second kappa shape index (κ2) is 8.57. The summed E-state index contributed by atoms with van der Waals surface area (Å²) in [6.07, 6.45) is 3.76. The van der Waals surface area contributed by atoms with Crippen LogP contribution in [0.5, 0.6) is 0 Å². The van der Waals surface area contributed by atoms with Gasteiger partial charge in [-0.05, 0) is 49.2 Å². The molecule has 0 aliphatic carbocycles. The van der Waals surface area contributed by atoms with Gasteiger partial charge in [0, 0.05) is 13.1 Å². The number of likely N-dealkylation sites (tertiary alicyclic amines) is 1. The van der Waals surface area contributed by atoms with E-state index in [1.165, 1.54) is 37.0 Å². The maximum absolute atomic E-state index is 12.6. The zero-order valence-corrected chi connectivity index (χ0v) is 17.5. The number of amides is 2. The van der Waals surface area contributed by atoms with Crippen LogP contribution in [0.4, 0.5) is 0 Å². The van der Waals surface area contributed by atoms with Gasteiger partial charge < -0.3 is 5.32 Å². The average molecular weight is 428 g/mol. The van der Waals surface area contributed by atoms with Gasteiger partial charge in [-0.1, -0.05) is 42.8 Å². The molecule has 0 bridgehead atoms. The summed E-state index contributed by atoms with van der Waals surface area (Å²) in [5.41, 5.74) is 2.24. The minimum Gasteiger partial charge on any atom is -0.350 e. The van der Waals surface area contributed by atoms with Crippen LogP contribution in [0, 0.1) is 0 Å². The van der Waals surface area contributed by atoms with Gasteiger partial charge in [0.25, 0.3) is 15.9 Å². The first-order chi connectivity index (χ1) is 14.4. The van der Waals surface area contributed by atoms with Crippen molar-refractivity contribution in [1.29, 1.82) is 0 Å². The van der Waals surface area contributed by atoms with Crippen molar-refractivity contribution in [3.05, 3.63) is 65.2 Å². The van der Waals surface area contributed by atoms with E-state index in [9.17, 15) is 18.0 Å². The molecule has 7 nitrogen and oxygen atoms in total. The highest BCUT2D eigenvalue weighted by atomic mass is 32.2. The molecule has 30 heavy (non-hydrogen) atoms. The number of hydrogen-bond donors (Lipinski definition) is 1. The van der Waals surface area contributed by atoms with E-state index in [0.717, 1.165) is 25.2 Å². The number of nitrogens with zero attached hydrogens (tertiary/aromatic N) is 2. The molecular weight excluding hydrogens is 402 g/mol. The number of rotatable bonds is 6. The molecule has 2 aliphatic rings. The Kier molecular flexibility index (Phi) is 5.87. The van der Waals surface area contributed by atoms with Gasteiger partial charge in [0.1, 0.15) is 11.4 Å². The molecule has 0 saturated carbocycles. The smallest absolute Gasteiger partial charge is 0.269 e. The molecule has 1 fully saturated rings. The van der Waals surface area contributed by atoms with Gasteiger partial charge in [0.15, 0.2) is 0 Å². The normalized spacial score (nSPS) is 18.3. The Balaban J connectivity index is 1.35. The van der Waals surface area contributed by atoms with Gasteiger partial charge in [-0.2, -0.15) is 0 Å². The van der Waals surface area contributed by atoms with Gasteiger partial charge >= 0.3 is 0 Å². The molecule has 1 saturated heterocycles. The zero-order chi connectivity index (χ0) is 21.1. The molecule has 0 atom stereocenters. The Morgan fingerprint density at radius 2 is 1.70 bits per heavy atom. The van der Waals surface area contributed by atoms with E-state index in [1.807, 2.05) is 12.1 Å². The van der Waals surface area contributed by atoms with Crippen molar-refractivity contribution in [2.24, 2.45) is 0 Å². The largest absolute Gasteiger partial charge is 0.350 e. The first-order valence-electron chi connectivity index (χ1n) is 10.2. The van der Waals surface area contributed by atoms with Crippen LogP contribution in [0.2, 0.25) is 0 Å². The molecule has 0 radical (unpaired) electrons. The molecule has 0 unspecified atom stereocenters. The monoisotopic (exact) mass is 427 g/mol. The fraction of sp³-hybridized carbons (Fsp3) is 0.364. The lowest BCUT2D eigenvalue weighted by atomic mass is 10.1. The maximum Gasteiger partial charge on any atom is 0.269 e. The molecule has 0 aromatic heterocycles. The number of carbonyl (C=O) groups excluding carboxylic acids is 2. The minimum absolute atomic E-state index is 0.0480. The Morgan fingerprint density at radius 3 is 2.47 bits per heavy atom. The van der Waals surface area contributed by atoms with Crippen molar-refractivity contribution < 1.29 is 18.0 Å². The van der Waals surface area contributed by atoms with E-state index < -0.39 is 28.4 Å². The molecule has 8 heteroatoms. The molecule has 0 spiro atoms. The Morgan fingerprint density at radius 1 is 0.967 bits per heavy atom. The fourth-order valence-electron chi connectivity index (χ4n) is 3.99. The quantitative estimate of drug-likeness (QED) is 0.763. The first-order valence-corrected chi connectivity index (χ1v) is 11.6. The molecule has 2 amide bonds. The third-order valence-corrected chi connectivity index (χ3v) is 7.32. The summed E-state index contributed by atoms with van der Waals surface area (Å²) in [6, 6.07) is 14.0. The minimum atomic E-state index is -3.98. The molecule has 158 valence electrons. The Hall–Kier alpha value is -2.71. The lowest BCUT2D eigenvalue weighted by Gasteiger charge is -2.26. The summed E-state index contributed by atoms with van der Waals surface area (Å²) in [7, 11) is -3.98. The predicted molar refractivity (Wildman–Crippen MR) is 112 cm³/mol. The van der Waals surface area contributed by atoms with Crippen molar-refractivity contribution in [2.75, 3.05) is 19.6 Å². The van der Waals surface area contributed by atoms with E-state index in [-0.39, 0.29) is 17.0 Å². The Bertz CT molecular complexity index is 1060. The number of piperidine rings is 1. The van der Waals surface area contributed by atoms with Gasteiger partial charge in [0.05, 0.1) is 5.56 Å². The van der Waals surface area contributed by atoms with Crippen LogP contribution >= 0.6 is 0 Å². The van der Waals surface area contributed by atoms with Crippen LogP contribution in [0.25, 0.3) is 0 Å². The number of hydrogen-bond acceptors (Lipinski definition) is 5. The van der Waals surface area contributed by atoms with Crippen molar-refractivity contribution in [2.45, 2.75) is 37.2 Å². The van der Waals surface area contributed by atoms with Gasteiger partial charge in [-0.3, -0.25) is 14.5 Å². The second-order valence-electron chi connectivity index (χ2n) is 7.75. The standard InChI is InChI=1S/C22H25N3O4S/c26-21(16-25-22(27)19-9-2-3-10-20(19)30(25,28)29)23-14-17-7-6-8-18(13-17)15-24-11-4-1-5-12-24/h2-3,6-10,13H,1,4-5,11-12,14-16H2,(H,23,26). The van der Waals surface area contributed by atoms with Crippen LogP contribution in [-0.4, -0.2) is 49.1 Å². The molecule has 2 aromatic carbocycles. The van der Waals surface area contributed by atoms with E-state index in [2.05, 4.69) is 22.3 Å². The molecule has 2 aromatic rings. The third kappa shape index (κ3) is 4.24. The van der Waals surface area contributed by atoms with Crippen LogP contribution in [0.1, 0.15) is 40.7 Å². The second-order valence-corrected chi connectivity index (χ2v) is 9.58. The van der Waals surface area contributed by atoms with Gasteiger partial charge in [-0.25, -0.2) is 12.7 Å². The highest BCUT2D eigenvalue weighted by Gasteiger charge is 2.41.